The average molecular weight is 286 g/mol. The highest BCUT2D eigenvalue weighted by Gasteiger charge is 2.52. The van der Waals surface area contributed by atoms with Gasteiger partial charge in [-0.1, -0.05) is 20.8 Å². The summed E-state index contributed by atoms with van der Waals surface area (Å²) in [5, 5.41) is 12.1. The number of hydrogen-bond acceptors (Lipinski definition) is 3. The minimum atomic E-state index is -1.78. The highest BCUT2D eigenvalue weighted by molar-refractivity contribution is 5.93. The summed E-state index contributed by atoms with van der Waals surface area (Å²) in [4.78, 5) is 25.9. The van der Waals surface area contributed by atoms with Gasteiger partial charge in [0.2, 0.25) is 5.91 Å². The van der Waals surface area contributed by atoms with Crippen LogP contribution in [-0.2, 0) is 9.59 Å². The number of likely N-dealkylation sites (tertiary alicyclic amines) is 1. The van der Waals surface area contributed by atoms with E-state index in [1.807, 2.05) is 20.8 Å². The average Bonchev–Trinajstić information content (AvgIpc) is 2.93. The lowest BCUT2D eigenvalue weighted by Crippen LogP contribution is -2.56. The van der Waals surface area contributed by atoms with Gasteiger partial charge in [-0.05, 0) is 24.7 Å². The highest BCUT2D eigenvalue weighted by atomic mass is 19.1. The molecule has 2 rings (SSSR count). The Morgan fingerprint density at radius 2 is 2.00 bits per heavy atom. The summed E-state index contributed by atoms with van der Waals surface area (Å²) in [6.45, 7) is 6.26. The number of aliphatic hydroxyl groups is 1. The molecule has 1 saturated heterocycles. The van der Waals surface area contributed by atoms with Crippen LogP contribution in [0.1, 0.15) is 40.0 Å². The molecular formula is C14H23FN2O3. The summed E-state index contributed by atoms with van der Waals surface area (Å²) < 4.78 is 13.8. The Balaban J connectivity index is 2.07. The number of halogens is 1. The van der Waals surface area contributed by atoms with E-state index in [1.165, 1.54) is 0 Å². The molecule has 2 atom stereocenters. The van der Waals surface area contributed by atoms with Gasteiger partial charge in [0.25, 0.3) is 5.91 Å². The van der Waals surface area contributed by atoms with Crippen molar-refractivity contribution in [2.75, 3.05) is 13.1 Å². The van der Waals surface area contributed by atoms with Crippen molar-refractivity contribution in [3.63, 3.8) is 0 Å². The summed E-state index contributed by atoms with van der Waals surface area (Å²) in [5.74, 6) is -0.933. The van der Waals surface area contributed by atoms with Gasteiger partial charge in [0, 0.05) is 13.1 Å². The molecule has 20 heavy (non-hydrogen) atoms. The van der Waals surface area contributed by atoms with E-state index in [2.05, 4.69) is 5.32 Å². The summed E-state index contributed by atoms with van der Waals surface area (Å²) in [6, 6.07) is -0.770. The van der Waals surface area contributed by atoms with Crippen molar-refractivity contribution in [2.45, 2.75) is 57.8 Å². The van der Waals surface area contributed by atoms with E-state index in [1.54, 1.807) is 4.90 Å². The van der Waals surface area contributed by atoms with Crippen molar-refractivity contribution in [3.05, 3.63) is 0 Å². The molecule has 2 amide bonds. The molecule has 1 heterocycles. The molecule has 1 saturated carbocycles. The molecular weight excluding hydrogens is 263 g/mol. The first-order chi connectivity index (χ1) is 9.13. The van der Waals surface area contributed by atoms with Crippen LogP contribution >= 0.6 is 0 Å². The van der Waals surface area contributed by atoms with Crippen LogP contribution in [0.3, 0.4) is 0 Å². The van der Waals surface area contributed by atoms with Crippen molar-refractivity contribution in [1.82, 2.24) is 10.2 Å². The normalized spacial score (nSPS) is 26.2. The number of carbonyl (C=O) groups is 2. The number of amides is 2. The standard InChI is InChI=1S/C14H23FN2O3/c1-13(2,3)10(16-12(20)14(15)5-6-14)11(19)17-7-4-9(18)8-17/h9-10,18H,4-8H2,1-3H3,(H,16,20). The van der Waals surface area contributed by atoms with E-state index >= 15 is 0 Å². The minimum Gasteiger partial charge on any atom is -0.391 e. The Labute approximate surface area is 118 Å². The van der Waals surface area contributed by atoms with Crippen LogP contribution in [0.25, 0.3) is 0 Å². The third kappa shape index (κ3) is 3.11. The predicted octanol–water partition coefficient (Wildman–Crippen LogP) is 0.613. The molecule has 0 radical (unpaired) electrons. The molecule has 2 fully saturated rings. The molecule has 0 spiro atoms. The molecule has 2 unspecified atom stereocenters. The van der Waals surface area contributed by atoms with Crippen LogP contribution in [-0.4, -0.2) is 52.7 Å². The Hall–Kier alpha value is -1.17. The molecule has 1 aliphatic heterocycles. The zero-order chi connectivity index (χ0) is 15.1. The van der Waals surface area contributed by atoms with Crippen LogP contribution < -0.4 is 5.32 Å². The van der Waals surface area contributed by atoms with Crippen LogP contribution in [0.2, 0.25) is 0 Å². The number of β-amino-alcohol motifs (C(OH)–C–C–N with tert-alkyl or cyclic N) is 1. The number of nitrogens with zero attached hydrogens (tertiary/aromatic N) is 1. The summed E-state index contributed by atoms with van der Waals surface area (Å²) in [7, 11) is 0. The Bertz CT molecular complexity index is 415. The van der Waals surface area contributed by atoms with E-state index in [0.717, 1.165) is 0 Å². The summed E-state index contributed by atoms with van der Waals surface area (Å²) in [6.07, 6.45) is 0.494. The molecule has 1 aliphatic carbocycles. The predicted molar refractivity (Wildman–Crippen MR) is 71.7 cm³/mol. The molecule has 2 aliphatic rings. The highest BCUT2D eigenvalue weighted by Crippen LogP contribution is 2.40. The summed E-state index contributed by atoms with van der Waals surface area (Å²) in [5.41, 5.74) is -2.29. The molecule has 0 bridgehead atoms. The lowest BCUT2D eigenvalue weighted by molar-refractivity contribution is -0.140. The van der Waals surface area contributed by atoms with Crippen LogP contribution in [0.4, 0.5) is 4.39 Å². The molecule has 0 aromatic rings. The van der Waals surface area contributed by atoms with E-state index in [9.17, 15) is 19.1 Å². The van der Waals surface area contributed by atoms with Gasteiger partial charge in [-0.2, -0.15) is 0 Å². The summed E-state index contributed by atoms with van der Waals surface area (Å²) >= 11 is 0. The third-order valence-corrected chi connectivity index (χ3v) is 3.96. The van der Waals surface area contributed by atoms with Gasteiger partial charge in [-0.15, -0.1) is 0 Å². The van der Waals surface area contributed by atoms with Gasteiger partial charge in [0.1, 0.15) is 6.04 Å². The number of nitrogens with one attached hydrogen (secondary N) is 1. The topological polar surface area (TPSA) is 69.6 Å². The largest absolute Gasteiger partial charge is 0.391 e. The fraction of sp³-hybridized carbons (Fsp3) is 0.857. The van der Waals surface area contributed by atoms with Crippen LogP contribution in [0.5, 0.6) is 0 Å². The number of hydrogen-bond donors (Lipinski definition) is 2. The van der Waals surface area contributed by atoms with Gasteiger partial charge in [0.05, 0.1) is 6.10 Å². The van der Waals surface area contributed by atoms with E-state index in [0.29, 0.717) is 13.0 Å². The first-order valence-electron chi connectivity index (χ1n) is 7.10. The first kappa shape index (κ1) is 15.2. The fourth-order valence-electron chi connectivity index (χ4n) is 2.37. The van der Waals surface area contributed by atoms with Gasteiger partial charge in [-0.25, -0.2) is 4.39 Å². The van der Waals surface area contributed by atoms with E-state index in [-0.39, 0.29) is 25.3 Å². The SMILES string of the molecule is CC(C)(C)C(NC(=O)C1(F)CC1)C(=O)N1CCC(O)C1. The van der Waals surface area contributed by atoms with Gasteiger partial charge < -0.3 is 15.3 Å². The fourth-order valence-corrected chi connectivity index (χ4v) is 2.37. The van der Waals surface area contributed by atoms with Gasteiger partial charge in [0.15, 0.2) is 5.67 Å². The lowest BCUT2D eigenvalue weighted by atomic mass is 9.85. The molecule has 2 N–H and O–H groups in total. The Morgan fingerprint density at radius 1 is 1.40 bits per heavy atom. The molecule has 6 heteroatoms. The zero-order valence-electron chi connectivity index (χ0n) is 12.3. The second-order valence-electron chi connectivity index (χ2n) is 6.96. The number of alkyl halides is 1. The second kappa shape index (κ2) is 4.98. The van der Waals surface area contributed by atoms with E-state index in [4.69, 9.17) is 0 Å². The Kier molecular flexibility index (Phi) is 3.79. The lowest BCUT2D eigenvalue weighted by Gasteiger charge is -2.33. The third-order valence-electron chi connectivity index (χ3n) is 3.96. The maximum atomic E-state index is 13.8. The number of aliphatic hydroxyl groups excluding tert-OH is 1. The van der Waals surface area contributed by atoms with Gasteiger partial charge in [-0.3, -0.25) is 9.59 Å². The minimum absolute atomic E-state index is 0.228. The molecule has 5 nitrogen and oxygen atoms in total. The van der Waals surface area contributed by atoms with Crippen molar-refractivity contribution in [2.24, 2.45) is 5.41 Å². The van der Waals surface area contributed by atoms with Gasteiger partial charge >= 0.3 is 0 Å². The smallest absolute Gasteiger partial charge is 0.258 e. The maximum absolute atomic E-state index is 13.8. The van der Waals surface area contributed by atoms with Crippen molar-refractivity contribution in [3.8, 4) is 0 Å². The number of carbonyl (C=O) groups excluding carboxylic acids is 2. The molecule has 0 aromatic heterocycles. The van der Waals surface area contributed by atoms with E-state index < -0.39 is 29.1 Å². The monoisotopic (exact) mass is 286 g/mol. The maximum Gasteiger partial charge on any atom is 0.258 e. The molecule has 0 aromatic carbocycles. The van der Waals surface area contributed by atoms with Crippen molar-refractivity contribution >= 4 is 11.8 Å². The number of rotatable bonds is 3. The van der Waals surface area contributed by atoms with Crippen LogP contribution in [0, 0.1) is 5.41 Å². The van der Waals surface area contributed by atoms with Crippen molar-refractivity contribution < 1.29 is 19.1 Å². The quantitative estimate of drug-likeness (QED) is 0.799. The zero-order valence-corrected chi connectivity index (χ0v) is 12.3. The van der Waals surface area contributed by atoms with Crippen molar-refractivity contribution in [1.29, 1.82) is 0 Å². The molecule has 114 valence electrons. The first-order valence-corrected chi connectivity index (χ1v) is 7.10. The Morgan fingerprint density at radius 3 is 2.40 bits per heavy atom. The van der Waals surface area contributed by atoms with Crippen LogP contribution in [0.15, 0.2) is 0 Å². The second-order valence-corrected chi connectivity index (χ2v) is 6.96.